The maximum Gasteiger partial charge on any atom is 0.247 e. The minimum absolute atomic E-state index is 0.183. The lowest BCUT2D eigenvalue weighted by Gasteiger charge is -2.17. The van der Waals surface area contributed by atoms with Gasteiger partial charge in [-0.15, -0.1) is 0 Å². The molecule has 2 rings (SSSR count). The van der Waals surface area contributed by atoms with Crippen molar-refractivity contribution in [2.24, 2.45) is 17.7 Å². The summed E-state index contributed by atoms with van der Waals surface area (Å²) in [5, 5.41) is 9.91. The van der Waals surface area contributed by atoms with E-state index < -0.39 is 0 Å². The van der Waals surface area contributed by atoms with Gasteiger partial charge in [0.1, 0.15) is 0 Å². The molecule has 0 radical (unpaired) electrons. The minimum atomic E-state index is -0.227. The van der Waals surface area contributed by atoms with Crippen molar-refractivity contribution in [2.75, 3.05) is 18.1 Å². The molecule has 2 heterocycles. The molecule has 1 atom stereocenters. The van der Waals surface area contributed by atoms with Crippen LogP contribution in [0, 0.1) is 23.3 Å². The van der Waals surface area contributed by atoms with Crippen molar-refractivity contribution in [1.29, 1.82) is 5.26 Å². The topological polar surface area (TPSA) is 91.2 Å². The average Bonchev–Trinajstić information content (AvgIpc) is 3.04. The summed E-state index contributed by atoms with van der Waals surface area (Å²) < 4.78 is 1.92. The Kier molecular flexibility index (Phi) is 4.25. The van der Waals surface area contributed by atoms with Gasteiger partial charge in [0.2, 0.25) is 5.91 Å². The zero-order chi connectivity index (χ0) is 14.7. The average molecular weight is 276 g/mol. The molecule has 1 saturated heterocycles. The van der Waals surface area contributed by atoms with Crippen LogP contribution in [0.5, 0.6) is 0 Å². The number of carbonyl (C=O) groups is 1. The molecule has 7 heteroatoms. The SMILES string of the molecule is CC(C)Cn1cnc(N(N)C(=O)[C@H]2CCN(C#N)C2)c1. The zero-order valence-corrected chi connectivity index (χ0v) is 11.9. The van der Waals surface area contributed by atoms with E-state index in [4.69, 9.17) is 11.1 Å². The molecule has 1 amide bonds. The van der Waals surface area contributed by atoms with Gasteiger partial charge in [-0.1, -0.05) is 13.8 Å². The lowest BCUT2D eigenvalue weighted by atomic mass is 10.1. The second-order valence-electron chi connectivity index (χ2n) is 5.56. The van der Waals surface area contributed by atoms with Gasteiger partial charge in [0.15, 0.2) is 12.0 Å². The van der Waals surface area contributed by atoms with Gasteiger partial charge in [0.05, 0.1) is 12.2 Å². The summed E-state index contributed by atoms with van der Waals surface area (Å²) in [6.07, 6.45) is 6.17. The van der Waals surface area contributed by atoms with Crippen LogP contribution in [0.4, 0.5) is 5.82 Å². The van der Waals surface area contributed by atoms with Crippen LogP contribution in [-0.4, -0.2) is 33.4 Å². The highest BCUT2D eigenvalue weighted by molar-refractivity contribution is 5.93. The van der Waals surface area contributed by atoms with E-state index in [9.17, 15) is 4.79 Å². The number of nitriles is 1. The molecular weight excluding hydrogens is 256 g/mol. The smallest absolute Gasteiger partial charge is 0.247 e. The van der Waals surface area contributed by atoms with E-state index >= 15 is 0 Å². The van der Waals surface area contributed by atoms with E-state index in [1.165, 1.54) is 0 Å². The van der Waals surface area contributed by atoms with Crippen molar-refractivity contribution < 1.29 is 4.79 Å². The maximum atomic E-state index is 12.3. The molecule has 1 aromatic rings. The number of likely N-dealkylation sites (tertiary alicyclic amines) is 1. The van der Waals surface area contributed by atoms with E-state index in [0.29, 0.717) is 31.2 Å². The fourth-order valence-corrected chi connectivity index (χ4v) is 2.36. The Morgan fingerprint density at radius 1 is 1.70 bits per heavy atom. The molecule has 108 valence electrons. The summed E-state index contributed by atoms with van der Waals surface area (Å²) in [6.45, 7) is 6.11. The number of imidazole rings is 1. The normalized spacial score (nSPS) is 18.4. The summed E-state index contributed by atoms with van der Waals surface area (Å²) in [4.78, 5) is 18.0. The van der Waals surface area contributed by atoms with Gasteiger partial charge in [-0.25, -0.2) is 15.8 Å². The second kappa shape index (κ2) is 5.92. The molecule has 1 aromatic heterocycles. The first kappa shape index (κ1) is 14.3. The summed E-state index contributed by atoms with van der Waals surface area (Å²) in [5.41, 5.74) is 0. The van der Waals surface area contributed by atoms with Crippen LogP contribution >= 0.6 is 0 Å². The fourth-order valence-electron chi connectivity index (χ4n) is 2.36. The quantitative estimate of drug-likeness (QED) is 0.375. The number of hydrogen-bond donors (Lipinski definition) is 1. The molecule has 0 bridgehead atoms. The number of amides is 1. The van der Waals surface area contributed by atoms with Gasteiger partial charge in [-0.05, 0) is 12.3 Å². The Bertz CT molecular complexity index is 517. The Balaban J connectivity index is 2.00. The first-order valence-electron chi connectivity index (χ1n) is 6.76. The minimum Gasteiger partial charge on any atom is -0.335 e. The molecule has 20 heavy (non-hydrogen) atoms. The zero-order valence-electron chi connectivity index (χ0n) is 11.9. The maximum absolute atomic E-state index is 12.3. The third-order valence-electron chi connectivity index (χ3n) is 3.36. The van der Waals surface area contributed by atoms with Crippen LogP contribution in [0.3, 0.4) is 0 Å². The molecule has 0 aromatic carbocycles. The molecule has 1 aliphatic rings. The van der Waals surface area contributed by atoms with E-state index in [2.05, 4.69) is 25.0 Å². The highest BCUT2D eigenvalue weighted by Gasteiger charge is 2.31. The number of rotatable bonds is 4. The van der Waals surface area contributed by atoms with Crippen LogP contribution in [-0.2, 0) is 11.3 Å². The van der Waals surface area contributed by atoms with Crippen LogP contribution < -0.4 is 10.9 Å². The Morgan fingerprint density at radius 3 is 3.05 bits per heavy atom. The van der Waals surface area contributed by atoms with Crippen molar-refractivity contribution in [2.45, 2.75) is 26.8 Å². The van der Waals surface area contributed by atoms with Crippen molar-refractivity contribution in [3.05, 3.63) is 12.5 Å². The summed E-state index contributed by atoms with van der Waals surface area (Å²) in [5.74, 6) is 6.39. The third-order valence-corrected chi connectivity index (χ3v) is 3.36. The van der Waals surface area contributed by atoms with Gasteiger partial charge < -0.3 is 9.47 Å². The van der Waals surface area contributed by atoms with Crippen molar-refractivity contribution in [3.63, 3.8) is 0 Å². The van der Waals surface area contributed by atoms with Gasteiger partial charge in [0, 0.05) is 25.8 Å². The highest BCUT2D eigenvalue weighted by atomic mass is 16.2. The molecule has 1 aliphatic heterocycles. The predicted octanol–water partition coefficient (Wildman–Crippen LogP) is 0.549. The van der Waals surface area contributed by atoms with Crippen LogP contribution in [0.2, 0.25) is 0 Å². The lowest BCUT2D eigenvalue weighted by Crippen LogP contribution is -2.42. The number of nitrogens with two attached hydrogens (primary N) is 1. The highest BCUT2D eigenvalue weighted by Crippen LogP contribution is 2.19. The molecular formula is C13H20N6O. The third kappa shape index (κ3) is 3.08. The molecule has 0 saturated carbocycles. The Morgan fingerprint density at radius 2 is 2.45 bits per heavy atom. The summed E-state index contributed by atoms with van der Waals surface area (Å²) in [7, 11) is 0. The molecule has 2 N–H and O–H groups in total. The Labute approximate surface area is 118 Å². The van der Waals surface area contributed by atoms with Gasteiger partial charge in [-0.3, -0.25) is 4.79 Å². The van der Waals surface area contributed by atoms with Gasteiger partial charge in [-0.2, -0.15) is 5.26 Å². The van der Waals surface area contributed by atoms with Crippen molar-refractivity contribution in [1.82, 2.24) is 14.5 Å². The van der Waals surface area contributed by atoms with E-state index in [-0.39, 0.29) is 11.8 Å². The first-order valence-corrected chi connectivity index (χ1v) is 6.76. The number of carbonyl (C=O) groups excluding carboxylic acids is 1. The number of hydrogen-bond acceptors (Lipinski definition) is 5. The number of aromatic nitrogens is 2. The van der Waals surface area contributed by atoms with Crippen molar-refractivity contribution >= 4 is 11.7 Å². The Hall–Kier alpha value is -2.07. The number of nitrogens with zero attached hydrogens (tertiary/aromatic N) is 5. The molecule has 0 spiro atoms. The molecule has 1 fully saturated rings. The molecule has 7 nitrogen and oxygen atoms in total. The van der Waals surface area contributed by atoms with Gasteiger partial charge in [0.25, 0.3) is 0 Å². The van der Waals surface area contributed by atoms with Crippen LogP contribution in [0.1, 0.15) is 20.3 Å². The standard InChI is InChI=1S/C13H20N6O/c1-10(2)5-18-7-12(16-9-18)19(15)13(20)11-3-4-17(6-11)8-14/h7,9-11H,3-6,15H2,1-2H3/t11-/m0/s1. The van der Waals surface area contributed by atoms with E-state index in [1.54, 1.807) is 17.4 Å². The molecule has 0 unspecified atom stereocenters. The fraction of sp³-hybridized carbons (Fsp3) is 0.615. The summed E-state index contributed by atoms with van der Waals surface area (Å²) >= 11 is 0. The number of anilines is 1. The van der Waals surface area contributed by atoms with Crippen LogP contribution in [0.15, 0.2) is 12.5 Å². The van der Waals surface area contributed by atoms with Gasteiger partial charge >= 0.3 is 0 Å². The lowest BCUT2D eigenvalue weighted by molar-refractivity contribution is -0.122. The molecule has 0 aliphatic carbocycles. The second-order valence-corrected chi connectivity index (χ2v) is 5.56. The first-order chi connectivity index (χ1) is 9.51. The van der Waals surface area contributed by atoms with Crippen molar-refractivity contribution in [3.8, 4) is 6.19 Å². The monoisotopic (exact) mass is 276 g/mol. The van der Waals surface area contributed by atoms with E-state index in [0.717, 1.165) is 11.6 Å². The van der Waals surface area contributed by atoms with E-state index in [1.807, 2.05) is 4.57 Å². The number of hydrazine groups is 1. The largest absolute Gasteiger partial charge is 0.335 e. The van der Waals surface area contributed by atoms with Crippen LogP contribution in [0.25, 0.3) is 0 Å². The predicted molar refractivity (Wildman–Crippen MR) is 74.0 cm³/mol. The summed E-state index contributed by atoms with van der Waals surface area (Å²) in [6, 6.07) is 0.